The number of rotatable bonds is 4. The second-order valence-electron chi connectivity index (χ2n) is 7.63. The highest BCUT2D eigenvalue weighted by molar-refractivity contribution is 5.80. The first-order valence-corrected chi connectivity index (χ1v) is 9.74. The Morgan fingerprint density at radius 2 is 1.08 bits per heavy atom. The molecular weight excluding hydrogens is 304 g/mol. The van der Waals surface area contributed by atoms with Crippen LogP contribution in [0.25, 0.3) is 0 Å². The van der Waals surface area contributed by atoms with E-state index < -0.39 is 0 Å². The summed E-state index contributed by atoms with van der Waals surface area (Å²) >= 11 is 0. The van der Waals surface area contributed by atoms with Crippen LogP contribution >= 0.6 is 0 Å². The molecular formula is C18H32N4O2. The van der Waals surface area contributed by atoms with Crippen LogP contribution in [0.4, 0.5) is 0 Å². The Kier molecular flexibility index (Phi) is 6.49. The van der Waals surface area contributed by atoms with Gasteiger partial charge in [-0.25, -0.2) is 0 Å². The van der Waals surface area contributed by atoms with Gasteiger partial charge in [0, 0.05) is 23.9 Å². The van der Waals surface area contributed by atoms with E-state index in [1.165, 1.54) is 0 Å². The number of hydrogen-bond donors (Lipinski definition) is 4. The normalized spacial score (nSPS) is 29.8. The number of carbonyl (C=O) groups excluding carboxylic acids is 2. The van der Waals surface area contributed by atoms with Crippen molar-refractivity contribution >= 4 is 11.8 Å². The lowest BCUT2D eigenvalue weighted by Gasteiger charge is -2.33. The Hall–Kier alpha value is -1.14. The Balaban J connectivity index is 1.43. The van der Waals surface area contributed by atoms with Crippen molar-refractivity contribution in [2.75, 3.05) is 26.2 Å². The van der Waals surface area contributed by atoms with Crippen molar-refractivity contribution in [2.45, 2.75) is 63.5 Å². The van der Waals surface area contributed by atoms with Gasteiger partial charge in [-0.3, -0.25) is 9.59 Å². The summed E-state index contributed by atoms with van der Waals surface area (Å²) < 4.78 is 0. The molecule has 3 fully saturated rings. The van der Waals surface area contributed by atoms with Crippen molar-refractivity contribution in [2.24, 2.45) is 11.8 Å². The fourth-order valence-corrected chi connectivity index (χ4v) is 4.26. The molecule has 3 rings (SSSR count). The van der Waals surface area contributed by atoms with Crippen LogP contribution in [0.2, 0.25) is 0 Å². The van der Waals surface area contributed by atoms with E-state index in [1.54, 1.807) is 0 Å². The monoisotopic (exact) mass is 336 g/mol. The Bertz CT molecular complexity index is 393. The second kappa shape index (κ2) is 8.81. The zero-order chi connectivity index (χ0) is 16.8. The van der Waals surface area contributed by atoms with Gasteiger partial charge in [-0.2, -0.15) is 0 Å². The summed E-state index contributed by atoms with van der Waals surface area (Å²) in [5.41, 5.74) is 0. The van der Waals surface area contributed by atoms with E-state index >= 15 is 0 Å². The van der Waals surface area contributed by atoms with Crippen LogP contribution in [0.15, 0.2) is 0 Å². The minimum atomic E-state index is 0.163. The first-order chi connectivity index (χ1) is 11.7. The Morgan fingerprint density at radius 3 is 1.50 bits per heavy atom. The molecule has 2 aliphatic heterocycles. The van der Waals surface area contributed by atoms with Gasteiger partial charge in [-0.05, 0) is 77.5 Å². The summed E-state index contributed by atoms with van der Waals surface area (Å²) in [6.07, 6.45) is 7.79. The largest absolute Gasteiger partial charge is 0.353 e. The van der Waals surface area contributed by atoms with Gasteiger partial charge < -0.3 is 21.3 Å². The molecule has 0 radical (unpaired) electrons. The minimum Gasteiger partial charge on any atom is -0.353 e. The van der Waals surface area contributed by atoms with Gasteiger partial charge in [0.1, 0.15) is 0 Å². The topological polar surface area (TPSA) is 82.3 Å². The standard InChI is InChI=1S/C18H32N4O2/c23-17(13-4-8-19-9-5-13)21-15-2-1-3-16(12-15)22-18(24)14-6-10-20-11-7-14/h13-16,19-20H,1-12H2,(H,21,23)(H,22,24). The molecule has 2 amide bonds. The zero-order valence-electron chi connectivity index (χ0n) is 14.6. The minimum absolute atomic E-state index is 0.163. The molecule has 1 aliphatic carbocycles. The molecule has 0 spiro atoms. The summed E-state index contributed by atoms with van der Waals surface area (Å²) in [5, 5.41) is 13.1. The van der Waals surface area contributed by atoms with Crippen molar-refractivity contribution in [3.05, 3.63) is 0 Å². The molecule has 1 saturated carbocycles. The molecule has 2 atom stereocenters. The van der Waals surface area contributed by atoms with Gasteiger partial charge in [-0.15, -0.1) is 0 Å². The van der Waals surface area contributed by atoms with E-state index in [2.05, 4.69) is 21.3 Å². The summed E-state index contributed by atoms with van der Waals surface area (Å²) in [7, 11) is 0. The smallest absolute Gasteiger partial charge is 0.223 e. The summed E-state index contributed by atoms with van der Waals surface area (Å²) in [6, 6.07) is 0.443. The highest BCUT2D eigenvalue weighted by Gasteiger charge is 2.29. The van der Waals surface area contributed by atoms with Crippen molar-refractivity contribution in [1.29, 1.82) is 0 Å². The number of nitrogens with one attached hydrogen (secondary N) is 4. The Morgan fingerprint density at radius 1 is 0.667 bits per heavy atom. The van der Waals surface area contributed by atoms with Crippen LogP contribution in [-0.4, -0.2) is 50.1 Å². The highest BCUT2D eigenvalue weighted by Crippen LogP contribution is 2.21. The van der Waals surface area contributed by atoms with Crippen molar-refractivity contribution < 1.29 is 9.59 Å². The van der Waals surface area contributed by atoms with Crippen molar-refractivity contribution in [3.63, 3.8) is 0 Å². The van der Waals surface area contributed by atoms with Crippen LogP contribution in [0.3, 0.4) is 0 Å². The second-order valence-corrected chi connectivity index (χ2v) is 7.63. The molecule has 136 valence electrons. The third-order valence-electron chi connectivity index (χ3n) is 5.79. The SMILES string of the molecule is O=C(NC1CCCC(NC(=O)C2CCNCC2)C1)C1CCNCC1. The number of amides is 2. The zero-order valence-corrected chi connectivity index (χ0v) is 14.6. The first-order valence-electron chi connectivity index (χ1n) is 9.74. The molecule has 4 N–H and O–H groups in total. The first kappa shape index (κ1) is 17.7. The van der Waals surface area contributed by atoms with Gasteiger partial charge in [0.2, 0.25) is 11.8 Å². The lowest BCUT2D eigenvalue weighted by atomic mass is 9.88. The third kappa shape index (κ3) is 4.93. The molecule has 6 heteroatoms. The molecule has 0 aromatic carbocycles. The lowest BCUT2D eigenvalue weighted by Crippen LogP contribution is -2.49. The third-order valence-corrected chi connectivity index (χ3v) is 5.79. The molecule has 6 nitrogen and oxygen atoms in total. The van der Waals surface area contributed by atoms with Crippen molar-refractivity contribution in [1.82, 2.24) is 21.3 Å². The van der Waals surface area contributed by atoms with Gasteiger partial charge in [-0.1, -0.05) is 0 Å². The predicted octanol–water partition coefficient (Wildman–Crippen LogP) is 0.529. The van der Waals surface area contributed by atoms with Crippen molar-refractivity contribution in [3.8, 4) is 0 Å². The number of carbonyl (C=O) groups is 2. The highest BCUT2D eigenvalue weighted by atomic mass is 16.2. The van der Waals surface area contributed by atoms with Gasteiger partial charge in [0.15, 0.2) is 0 Å². The quantitative estimate of drug-likeness (QED) is 0.604. The fourth-order valence-electron chi connectivity index (χ4n) is 4.26. The van der Waals surface area contributed by atoms with Gasteiger partial charge >= 0.3 is 0 Å². The molecule has 24 heavy (non-hydrogen) atoms. The van der Waals surface area contributed by atoms with Gasteiger partial charge in [0.25, 0.3) is 0 Å². The molecule has 0 aromatic heterocycles. The maximum Gasteiger partial charge on any atom is 0.223 e. The maximum atomic E-state index is 12.4. The fraction of sp³-hybridized carbons (Fsp3) is 0.889. The average molecular weight is 336 g/mol. The summed E-state index contributed by atoms with van der Waals surface area (Å²) in [6.45, 7) is 3.77. The van der Waals surface area contributed by atoms with Crippen LogP contribution in [-0.2, 0) is 9.59 Å². The Labute approximate surface area is 144 Å². The van der Waals surface area contributed by atoms with E-state index in [0.717, 1.165) is 77.5 Å². The van der Waals surface area contributed by atoms with Crippen LogP contribution in [0, 0.1) is 11.8 Å². The summed E-state index contributed by atoms with van der Waals surface area (Å²) in [4.78, 5) is 24.8. The van der Waals surface area contributed by atoms with Gasteiger partial charge in [0.05, 0.1) is 0 Å². The van der Waals surface area contributed by atoms with Crippen LogP contribution in [0.1, 0.15) is 51.4 Å². The lowest BCUT2D eigenvalue weighted by molar-refractivity contribution is -0.127. The van der Waals surface area contributed by atoms with Crippen LogP contribution in [0.5, 0.6) is 0 Å². The molecule has 0 bridgehead atoms. The van der Waals surface area contributed by atoms with E-state index in [1.807, 2.05) is 0 Å². The molecule has 3 aliphatic rings. The molecule has 2 saturated heterocycles. The van der Waals surface area contributed by atoms with E-state index in [9.17, 15) is 9.59 Å². The maximum absolute atomic E-state index is 12.4. The number of piperidine rings is 2. The average Bonchev–Trinajstić information content (AvgIpc) is 2.63. The van der Waals surface area contributed by atoms with E-state index in [4.69, 9.17) is 0 Å². The molecule has 2 heterocycles. The van der Waals surface area contributed by atoms with Crippen LogP contribution < -0.4 is 21.3 Å². The molecule has 0 aromatic rings. The summed E-state index contributed by atoms with van der Waals surface area (Å²) in [5.74, 6) is 0.755. The number of hydrogen-bond acceptors (Lipinski definition) is 4. The van der Waals surface area contributed by atoms with E-state index in [-0.39, 0.29) is 35.7 Å². The van der Waals surface area contributed by atoms with E-state index in [0.29, 0.717) is 0 Å². The predicted molar refractivity (Wildman–Crippen MR) is 93.5 cm³/mol. The molecule has 2 unspecified atom stereocenters.